The molecule has 0 fully saturated rings. The van der Waals surface area contributed by atoms with Crippen molar-refractivity contribution in [3.05, 3.63) is 53.6 Å². The molecule has 0 aromatic heterocycles. The lowest BCUT2D eigenvalue weighted by atomic mass is 10.1. The smallest absolute Gasteiger partial charge is 0.418 e. The van der Waals surface area contributed by atoms with E-state index < -0.39 is 24.3 Å². The predicted molar refractivity (Wildman–Crippen MR) is 84.0 cm³/mol. The number of hydrogen-bond acceptors (Lipinski definition) is 4. The average molecular weight is 353 g/mol. The monoisotopic (exact) mass is 353 g/mol. The Bertz CT molecular complexity index is 775. The molecule has 132 valence electrons. The van der Waals surface area contributed by atoms with E-state index in [-0.39, 0.29) is 17.2 Å². The number of benzene rings is 2. The van der Waals surface area contributed by atoms with Gasteiger partial charge in [-0.2, -0.15) is 13.2 Å². The van der Waals surface area contributed by atoms with Crippen LogP contribution in [0.25, 0.3) is 0 Å². The van der Waals surface area contributed by atoms with Gasteiger partial charge in [0.2, 0.25) is 0 Å². The van der Waals surface area contributed by atoms with Gasteiger partial charge in [-0.05, 0) is 30.3 Å². The van der Waals surface area contributed by atoms with Crippen LogP contribution in [0, 0.1) is 0 Å². The minimum Gasteiger partial charge on any atom is -0.493 e. The minimum atomic E-state index is -4.58. The maximum atomic E-state index is 12.9. The van der Waals surface area contributed by atoms with Gasteiger partial charge in [-0.1, -0.05) is 12.1 Å². The summed E-state index contributed by atoms with van der Waals surface area (Å²) in [6, 6.07) is 8.94. The normalized spacial score (nSPS) is 10.9. The molecular formula is C17H14F3NO4. The molecular weight excluding hydrogens is 339 g/mol. The molecule has 0 saturated carbocycles. The van der Waals surface area contributed by atoms with Gasteiger partial charge < -0.3 is 14.8 Å². The first-order valence-electron chi connectivity index (χ1n) is 7.07. The number of hydrogen-bond donors (Lipinski definition) is 1. The van der Waals surface area contributed by atoms with Crippen LogP contribution < -0.4 is 14.8 Å². The number of carbonyl (C=O) groups is 2. The number of amides is 1. The average Bonchev–Trinajstić information content (AvgIpc) is 2.59. The molecule has 0 unspecified atom stereocenters. The van der Waals surface area contributed by atoms with E-state index in [9.17, 15) is 22.8 Å². The Balaban J connectivity index is 2.06. The van der Waals surface area contributed by atoms with E-state index in [0.717, 1.165) is 12.1 Å². The second kappa shape index (κ2) is 7.69. The topological polar surface area (TPSA) is 64.6 Å². The number of nitrogens with one attached hydrogen (secondary N) is 1. The summed E-state index contributed by atoms with van der Waals surface area (Å²) in [4.78, 5) is 22.6. The number of alkyl halides is 3. The van der Waals surface area contributed by atoms with Crippen LogP contribution in [-0.4, -0.2) is 25.9 Å². The maximum Gasteiger partial charge on any atom is 0.418 e. The number of para-hydroxylation sites is 1. The van der Waals surface area contributed by atoms with E-state index in [1.165, 1.54) is 37.4 Å². The van der Waals surface area contributed by atoms with Crippen LogP contribution in [0.2, 0.25) is 0 Å². The number of aldehydes is 1. The van der Waals surface area contributed by atoms with Gasteiger partial charge in [0.25, 0.3) is 5.91 Å². The second-order valence-corrected chi connectivity index (χ2v) is 4.91. The van der Waals surface area contributed by atoms with Crippen molar-refractivity contribution in [2.75, 3.05) is 19.0 Å². The standard InChI is InChI=1S/C17H14F3NO4/c1-24-15-8-11(9-22)6-7-14(15)25-10-16(23)21-13-5-3-2-4-12(13)17(18,19)20/h2-9H,10H2,1H3,(H,21,23). The fourth-order valence-electron chi connectivity index (χ4n) is 2.05. The van der Waals surface area contributed by atoms with Gasteiger partial charge in [-0.15, -0.1) is 0 Å². The third kappa shape index (κ3) is 4.72. The third-order valence-corrected chi connectivity index (χ3v) is 3.19. The van der Waals surface area contributed by atoms with Gasteiger partial charge in [0.05, 0.1) is 18.4 Å². The summed E-state index contributed by atoms with van der Waals surface area (Å²) in [5.74, 6) is -0.348. The summed E-state index contributed by atoms with van der Waals surface area (Å²) in [5.41, 5.74) is -0.948. The number of rotatable bonds is 6. The van der Waals surface area contributed by atoms with Gasteiger partial charge in [-0.25, -0.2) is 0 Å². The summed E-state index contributed by atoms with van der Waals surface area (Å²) in [6.07, 6.45) is -3.97. The molecule has 1 amide bonds. The van der Waals surface area contributed by atoms with Crippen molar-refractivity contribution in [3.63, 3.8) is 0 Å². The summed E-state index contributed by atoms with van der Waals surface area (Å²) >= 11 is 0. The number of methoxy groups -OCH3 is 1. The molecule has 0 radical (unpaired) electrons. The molecule has 0 aliphatic carbocycles. The molecule has 2 aromatic rings. The first-order chi connectivity index (χ1) is 11.8. The summed E-state index contributed by atoms with van der Waals surface area (Å²) < 4.78 is 49.0. The van der Waals surface area contributed by atoms with E-state index in [0.29, 0.717) is 11.8 Å². The van der Waals surface area contributed by atoms with Gasteiger partial charge in [0.15, 0.2) is 18.1 Å². The van der Waals surface area contributed by atoms with E-state index in [4.69, 9.17) is 9.47 Å². The number of ether oxygens (including phenoxy) is 2. The lowest BCUT2D eigenvalue weighted by molar-refractivity contribution is -0.137. The van der Waals surface area contributed by atoms with Crippen LogP contribution in [0.3, 0.4) is 0 Å². The molecule has 8 heteroatoms. The molecule has 2 rings (SSSR count). The molecule has 25 heavy (non-hydrogen) atoms. The van der Waals surface area contributed by atoms with Crippen molar-refractivity contribution in [3.8, 4) is 11.5 Å². The highest BCUT2D eigenvalue weighted by Gasteiger charge is 2.33. The summed E-state index contributed by atoms with van der Waals surface area (Å²) in [7, 11) is 1.36. The van der Waals surface area contributed by atoms with Gasteiger partial charge in [0.1, 0.15) is 6.29 Å². The fraction of sp³-hybridized carbons (Fsp3) is 0.176. The van der Waals surface area contributed by atoms with Crippen molar-refractivity contribution in [1.82, 2.24) is 0 Å². The maximum absolute atomic E-state index is 12.9. The first-order valence-corrected chi connectivity index (χ1v) is 7.07. The van der Waals surface area contributed by atoms with Gasteiger partial charge >= 0.3 is 6.18 Å². The molecule has 0 aliphatic heterocycles. The SMILES string of the molecule is COc1cc(C=O)ccc1OCC(=O)Nc1ccccc1C(F)(F)F. The van der Waals surface area contributed by atoms with Crippen LogP contribution in [-0.2, 0) is 11.0 Å². The highest BCUT2D eigenvalue weighted by molar-refractivity contribution is 5.92. The molecule has 0 saturated heterocycles. The molecule has 0 aliphatic rings. The Morgan fingerprint density at radius 2 is 1.88 bits per heavy atom. The van der Waals surface area contributed by atoms with Crippen molar-refractivity contribution in [2.45, 2.75) is 6.18 Å². The second-order valence-electron chi connectivity index (χ2n) is 4.91. The van der Waals surface area contributed by atoms with E-state index in [2.05, 4.69) is 5.32 Å². The fourth-order valence-corrected chi connectivity index (χ4v) is 2.05. The van der Waals surface area contributed by atoms with Crippen LogP contribution in [0.4, 0.5) is 18.9 Å². The number of anilines is 1. The van der Waals surface area contributed by atoms with Gasteiger partial charge in [0, 0.05) is 5.56 Å². The Kier molecular flexibility index (Phi) is 5.63. The molecule has 5 nitrogen and oxygen atoms in total. The first kappa shape index (κ1) is 18.3. The lowest BCUT2D eigenvalue weighted by Gasteiger charge is -2.14. The molecule has 0 heterocycles. The lowest BCUT2D eigenvalue weighted by Crippen LogP contribution is -2.22. The third-order valence-electron chi connectivity index (χ3n) is 3.19. The van der Waals surface area contributed by atoms with Crippen molar-refractivity contribution >= 4 is 17.9 Å². The highest BCUT2D eigenvalue weighted by Crippen LogP contribution is 2.34. The molecule has 2 aromatic carbocycles. The predicted octanol–water partition coefficient (Wildman–Crippen LogP) is 3.54. The summed E-state index contributed by atoms with van der Waals surface area (Å²) in [6.45, 7) is -0.525. The number of carbonyl (C=O) groups excluding carboxylic acids is 2. The molecule has 1 N–H and O–H groups in total. The van der Waals surface area contributed by atoms with Crippen LogP contribution in [0.5, 0.6) is 11.5 Å². The number of halogens is 3. The quantitative estimate of drug-likeness (QED) is 0.807. The molecule has 0 bridgehead atoms. The summed E-state index contributed by atoms with van der Waals surface area (Å²) in [5, 5.41) is 2.17. The van der Waals surface area contributed by atoms with Crippen LogP contribution in [0.1, 0.15) is 15.9 Å². The Morgan fingerprint density at radius 1 is 1.16 bits per heavy atom. The highest BCUT2D eigenvalue weighted by atomic mass is 19.4. The zero-order chi connectivity index (χ0) is 18.4. The Morgan fingerprint density at radius 3 is 2.52 bits per heavy atom. The van der Waals surface area contributed by atoms with Crippen LogP contribution in [0.15, 0.2) is 42.5 Å². The van der Waals surface area contributed by atoms with Crippen LogP contribution >= 0.6 is 0 Å². The Labute approximate surface area is 141 Å². The van der Waals surface area contributed by atoms with Gasteiger partial charge in [-0.3, -0.25) is 9.59 Å². The largest absolute Gasteiger partial charge is 0.493 e. The van der Waals surface area contributed by atoms with E-state index in [1.54, 1.807) is 0 Å². The van der Waals surface area contributed by atoms with Crippen molar-refractivity contribution < 1.29 is 32.2 Å². The van der Waals surface area contributed by atoms with Crippen molar-refractivity contribution in [2.24, 2.45) is 0 Å². The van der Waals surface area contributed by atoms with E-state index in [1.807, 2.05) is 0 Å². The zero-order valence-corrected chi connectivity index (χ0v) is 13.1. The molecule has 0 spiro atoms. The molecule has 0 atom stereocenters. The minimum absolute atomic E-state index is 0.187. The van der Waals surface area contributed by atoms with E-state index >= 15 is 0 Å². The Hall–Kier alpha value is -3.03. The van der Waals surface area contributed by atoms with Crippen molar-refractivity contribution in [1.29, 1.82) is 0 Å². The zero-order valence-electron chi connectivity index (χ0n) is 13.1.